The van der Waals surface area contributed by atoms with Crippen LogP contribution in [0.5, 0.6) is 0 Å². The molecule has 0 aliphatic rings. The third-order valence-electron chi connectivity index (χ3n) is 4.51. The molecule has 29 heavy (non-hydrogen) atoms. The second-order valence-corrected chi connectivity index (χ2v) is 8.74. The van der Waals surface area contributed by atoms with Gasteiger partial charge in [0.2, 0.25) is 5.28 Å². The number of nitrogens with one attached hydrogen (secondary N) is 2. The summed E-state index contributed by atoms with van der Waals surface area (Å²) in [6.07, 6.45) is 0.0675. The van der Waals surface area contributed by atoms with Gasteiger partial charge in [0.1, 0.15) is 16.9 Å². The molecule has 0 fully saturated rings. The number of fused-ring (bicyclic) bond motifs is 3. The molecule has 0 unspecified atom stereocenters. The van der Waals surface area contributed by atoms with Gasteiger partial charge in [0.15, 0.2) is 5.82 Å². The first-order valence-corrected chi connectivity index (χ1v) is 11.0. The normalized spacial score (nSPS) is 12.0. The highest BCUT2D eigenvalue weighted by molar-refractivity contribution is 7.51. The first-order chi connectivity index (χ1) is 13.8. The van der Waals surface area contributed by atoms with E-state index in [9.17, 15) is 8.96 Å². The van der Waals surface area contributed by atoms with Crippen LogP contribution in [0.25, 0.3) is 33.1 Å². The van der Waals surface area contributed by atoms with Gasteiger partial charge in [-0.05, 0) is 53.4 Å². The van der Waals surface area contributed by atoms with Crippen LogP contribution >= 0.6 is 19.2 Å². The molecule has 0 atom stereocenters. The van der Waals surface area contributed by atoms with Crippen LogP contribution in [0.3, 0.4) is 0 Å². The number of hydrogen-bond acceptors (Lipinski definition) is 4. The number of anilines is 1. The van der Waals surface area contributed by atoms with Gasteiger partial charge >= 0.3 is 7.60 Å². The molecule has 4 rings (SSSR count). The summed E-state index contributed by atoms with van der Waals surface area (Å²) in [5.41, 5.74) is 3.89. The highest BCUT2D eigenvalue weighted by atomic mass is 35.5. The van der Waals surface area contributed by atoms with E-state index in [4.69, 9.17) is 21.4 Å². The summed E-state index contributed by atoms with van der Waals surface area (Å²) in [4.78, 5) is 29.7. The molecule has 0 spiro atoms. The van der Waals surface area contributed by atoms with Gasteiger partial charge < -0.3 is 20.1 Å². The summed E-state index contributed by atoms with van der Waals surface area (Å²) >= 11 is 6.10. The summed E-state index contributed by atoms with van der Waals surface area (Å²) in [7, 11) is -4.04. The summed E-state index contributed by atoms with van der Waals surface area (Å²) in [6, 6.07) is 12.0. The van der Waals surface area contributed by atoms with Gasteiger partial charge in [0.25, 0.3) is 0 Å². The lowest BCUT2D eigenvalue weighted by molar-refractivity contribution is 0.372. The van der Waals surface area contributed by atoms with Crippen LogP contribution < -0.4 is 5.32 Å². The van der Waals surface area contributed by atoms with E-state index in [0.717, 1.165) is 22.0 Å². The molecule has 4 aromatic rings. The molecule has 10 heteroatoms. The highest BCUT2D eigenvalue weighted by Gasteiger charge is 2.15. The van der Waals surface area contributed by atoms with Gasteiger partial charge in [0, 0.05) is 17.4 Å². The van der Waals surface area contributed by atoms with Gasteiger partial charge in [-0.25, -0.2) is 9.37 Å². The number of halogens is 2. The standard InChI is InChI=1S/C19H17ClFN4O3P/c20-19-24-16-14-10-12(11-2-5-13(21)6-3-11)4-7-15(14)23-17(16)18(25-19)22-8-1-9-29(26,27)28/h2-7,10,23H,1,8-9H2,(H,22,24,25)(H2,26,27,28). The lowest BCUT2D eigenvalue weighted by atomic mass is 10.0. The van der Waals surface area contributed by atoms with E-state index < -0.39 is 7.60 Å². The van der Waals surface area contributed by atoms with Crippen molar-refractivity contribution in [3.05, 3.63) is 53.6 Å². The minimum atomic E-state index is -4.04. The van der Waals surface area contributed by atoms with Crippen molar-refractivity contribution in [1.82, 2.24) is 15.0 Å². The van der Waals surface area contributed by atoms with E-state index in [1.54, 1.807) is 12.1 Å². The summed E-state index contributed by atoms with van der Waals surface area (Å²) in [5.74, 6) is 0.168. The van der Waals surface area contributed by atoms with Crippen molar-refractivity contribution >= 4 is 47.0 Å². The fraction of sp³-hybridized carbons (Fsp3) is 0.158. The SMILES string of the molecule is O=P(O)(O)CCCNc1nc(Cl)nc2c1[nH]c1ccc(-c3ccc(F)cc3)cc12. The van der Waals surface area contributed by atoms with Gasteiger partial charge in [-0.3, -0.25) is 4.57 Å². The minimum absolute atomic E-state index is 0.0584. The summed E-state index contributed by atoms with van der Waals surface area (Å²) in [5, 5.41) is 3.96. The van der Waals surface area contributed by atoms with E-state index in [1.807, 2.05) is 18.2 Å². The summed E-state index contributed by atoms with van der Waals surface area (Å²) < 4.78 is 24.2. The summed E-state index contributed by atoms with van der Waals surface area (Å²) in [6.45, 7) is 0.323. The van der Waals surface area contributed by atoms with Crippen molar-refractivity contribution < 1.29 is 18.7 Å². The fourth-order valence-electron chi connectivity index (χ4n) is 3.17. The number of hydrogen-bond donors (Lipinski definition) is 4. The zero-order valence-corrected chi connectivity index (χ0v) is 16.7. The Morgan fingerprint density at radius 2 is 1.83 bits per heavy atom. The van der Waals surface area contributed by atoms with Crippen LogP contribution in [-0.2, 0) is 4.57 Å². The number of benzene rings is 2. The molecule has 0 bridgehead atoms. The smallest absolute Gasteiger partial charge is 0.325 e. The highest BCUT2D eigenvalue weighted by Crippen LogP contribution is 2.35. The topological polar surface area (TPSA) is 111 Å². The van der Waals surface area contributed by atoms with Crippen molar-refractivity contribution in [2.45, 2.75) is 6.42 Å². The van der Waals surface area contributed by atoms with Crippen LogP contribution in [0, 0.1) is 5.82 Å². The Kier molecular flexibility index (Phi) is 5.27. The van der Waals surface area contributed by atoms with Crippen molar-refractivity contribution in [2.75, 3.05) is 18.0 Å². The van der Waals surface area contributed by atoms with E-state index in [2.05, 4.69) is 20.3 Å². The Bertz CT molecular complexity index is 1240. The van der Waals surface area contributed by atoms with E-state index >= 15 is 0 Å². The van der Waals surface area contributed by atoms with Crippen LogP contribution in [0.15, 0.2) is 42.5 Å². The van der Waals surface area contributed by atoms with E-state index in [0.29, 0.717) is 23.4 Å². The molecule has 150 valence electrons. The predicted octanol–water partition coefficient (Wildman–Crippen LogP) is 4.55. The van der Waals surface area contributed by atoms with Gasteiger partial charge in [0.05, 0.1) is 6.16 Å². The zero-order valence-electron chi connectivity index (χ0n) is 15.1. The Labute approximate surface area is 170 Å². The molecular weight excluding hydrogens is 418 g/mol. The lowest BCUT2D eigenvalue weighted by Gasteiger charge is -2.07. The van der Waals surface area contributed by atoms with Crippen molar-refractivity contribution in [3.8, 4) is 11.1 Å². The molecule has 0 saturated carbocycles. The molecule has 0 saturated heterocycles. The number of H-pyrrole nitrogens is 1. The first kappa shape index (κ1) is 19.8. The molecule has 0 amide bonds. The Hall–Kier alpha value is -2.51. The maximum absolute atomic E-state index is 13.2. The minimum Gasteiger partial charge on any atom is -0.368 e. The zero-order chi connectivity index (χ0) is 20.6. The van der Waals surface area contributed by atoms with E-state index in [1.165, 1.54) is 12.1 Å². The largest absolute Gasteiger partial charge is 0.368 e. The molecular formula is C19H17ClFN4O3P. The number of aromatic amines is 1. The second kappa shape index (κ2) is 7.72. The monoisotopic (exact) mass is 434 g/mol. The van der Waals surface area contributed by atoms with Crippen molar-refractivity contribution in [2.24, 2.45) is 0 Å². The Morgan fingerprint density at radius 3 is 2.55 bits per heavy atom. The molecule has 0 radical (unpaired) electrons. The van der Waals surface area contributed by atoms with Crippen molar-refractivity contribution in [3.63, 3.8) is 0 Å². The maximum atomic E-state index is 13.2. The van der Waals surface area contributed by atoms with Crippen LogP contribution in [-0.4, -0.2) is 37.4 Å². The third kappa shape index (κ3) is 4.41. The third-order valence-corrected chi connectivity index (χ3v) is 5.58. The van der Waals surface area contributed by atoms with Crippen LogP contribution in [0.1, 0.15) is 6.42 Å². The van der Waals surface area contributed by atoms with Gasteiger partial charge in [-0.15, -0.1) is 0 Å². The molecule has 4 N–H and O–H groups in total. The Balaban J connectivity index is 1.71. The van der Waals surface area contributed by atoms with Crippen LogP contribution in [0.2, 0.25) is 5.28 Å². The predicted molar refractivity (Wildman–Crippen MR) is 112 cm³/mol. The van der Waals surface area contributed by atoms with Gasteiger partial charge in [-0.1, -0.05) is 18.2 Å². The molecule has 0 aliphatic heterocycles. The van der Waals surface area contributed by atoms with Crippen molar-refractivity contribution in [1.29, 1.82) is 0 Å². The maximum Gasteiger partial charge on any atom is 0.325 e. The average molecular weight is 435 g/mol. The Morgan fingerprint density at radius 1 is 1.10 bits per heavy atom. The molecule has 0 aliphatic carbocycles. The van der Waals surface area contributed by atoms with Gasteiger partial charge in [-0.2, -0.15) is 4.98 Å². The quantitative estimate of drug-likeness (QED) is 0.201. The molecule has 2 aromatic carbocycles. The number of aromatic nitrogens is 3. The van der Waals surface area contributed by atoms with Crippen LogP contribution in [0.4, 0.5) is 10.2 Å². The second-order valence-electron chi connectivity index (χ2n) is 6.63. The van der Waals surface area contributed by atoms with E-state index in [-0.39, 0.29) is 23.7 Å². The number of nitrogens with zero attached hydrogens (tertiary/aromatic N) is 2. The lowest BCUT2D eigenvalue weighted by Crippen LogP contribution is -2.06. The first-order valence-electron chi connectivity index (χ1n) is 8.83. The molecule has 2 heterocycles. The molecule has 7 nitrogen and oxygen atoms in total. The molecule has 2 aromatic heterocycles. The average Bonchev–Trinajstić information content (AvgIpc) is 3.03. The fourth-order valence-corrected chi connectivity index (χ4v) is 3.91. The number of rotatable bonds is 6.